The first-order valence-corrected chi connectivity index (χ1v) is 8.55. The number of sulfonamides is 1. The van der Waals surface area contributed by atoms with Gasteiger partial charge in [-0.05, 0) is 31.0 Å². The van der Waals surface area contributed by atoms with Crippen LogP contribution >= 0.6 is 0 Å². The van der Waals surface area contributed by atoms with E-state index in [2.05, 4.69) is 5.32 Å². The Bertz CT molecular complexity index is 623. The van der Waals surface area contributed by atoms with E-state index in [-0.39, 0.29) is 11.6 Å². The average Bonchev–Trinajstić information content (AvgIpc) is 2.65. The second-order valence-corrected chi connectivity index (χ2v) is 6.94. The van der Waals surface area contributed by atoms with Crippen molar-refractivity contribution in [2.75, 3.05) is 0 Å². The van der Waals surface area contributed by atoms with Crippen LogP contribution in [-0.2, 0) is 10.0 Å². The molecule has 1 aliphatic rings. The number of hydrogen-bond donors (Lipinski definition) is 2. The normalized spacial score (nSPS) is 17.2. The van der Waals surface area contributed by atoms with Crippen LogP contribution in [0.4, 0.5) is 4.39 Å². The molecule has 1 aliphatic carbocycles. The number of amides is 1. The highest BCUT2D eigenvalue weighted by Crippen LogP contribution is 2.18. The summed E-state index contributed by atoms with van der Waals surface area (Å²) in [6.45, 7) is 0. The lowest BCUT2D eigenvalue weighted by Gasteiger charge is -2.16. The van der Waals surface area contributed by atoms with Crippen molar-refractivity contribution in [3.05, 3.63) is 29.6 Å². The third-order valence-electron chi connectivity index (χ3n) is 3.65. The van der Waals surface area contributed by atoms with Crippen LogP contribution in [0.5, 0.6) is 0 Å². The summed E-state index contributed by atoms with van der Waals surface area (Å²) >= 11 is 0. The fourth-order valence-electron chi connectivity index (χ4n) is 2.55. The molecule has 7 heteroatoms. The number of primary sulfonamides is 1. The average molecular weight is 314 g/mol. The van der Waals surface area contributed by atoms with Crippen LogP contribution in [0.3, 0.4) is 0 Å². The van der Waals surface area contributed by atoms with Gasteiger partial charge in [0.25, 0.3) is 5.91 Å². The summed E-state index contributed by atoms with van der Waals surface area (Å²) in [6.07, 6.45) is 6.20. The van der Waals surface area contributed by atoms with Crippen LogP contribution < -0.4 is 10.5 Å². The van der Waals surface area contributed by atoms with Gasteiger partial charge in [-0.15, -0.1) is 0 Å². The van der Waals surface area contributed by atoms with Crippen molar-refractivity contribution in [1.82, 2.24) is 5.32 Å². The molecule has 21 heavy (non-hydrogen) atoms. The molecule has 1 fully saturated rings. The number of nitrogens with one attached hydrogen (secondary N) is 1. The van der Waals surface area contributed by atoms with E-state index in [4.69, 9.17) is 5.14 Å². The fraction of sp³-hybridized carbons (Fsp3) is 0.500. The number of carbonyl (C=O) groups excluding carboxylic acids is 1. The Morgan fingerprint density at radius 1 is 1.14 bits per heavy atom. The number of hydrogen-bond acceptors (Lipinski definition) is 3. The Kier molecular flexibility index (Phi) is 4.95. The van der Waals surface area contributed by atoms with Gasteiger partial charge in [0.15, 0.2) is 0 Å². The second-order valence-electron chi connectivity index (χ2n) is 5.38. The van der Waals surface area contributed by atoms with Crippen molar-refractivity contribution in [2.45, 2.75) is 49.5 Å². The first kappa shape index (κ1) is 15.9. The predicted molar refractivity (Wildman–Crippen MR) is 76.7 cm³/mol. The molecule has 5 nitrogen and oxygen atoms in total. The monoisotopic (exact) mass is 314 g/mol. The molecule has 1 amide bonds. The molecule has 0 bridgehead atoms. The molecule has 0 radical (unpaired) electrons. The lowest BCUT2D eigenvalue weighted by molar-refractivity contribution is 0.0932. The molecule has 0 aromatic heterocycles. The summed E-state index contributed by atoms with van der Waals surface area (Å²) in [5, 5.41) is 7.81. The zero-order chi connectivity index (χ0) is 15.5. The molecule has 3 N–H and O–H groups in total. The van der Waals surface area contributed by atoms with Crippen LogP contribution in [0.25, 0.3) is 0 Å². The highest BCUT2D eigenvalue weighted by atomic mass is 32.2. The lowest BCUT2D eigenvalue weighted by atomic mass is 10.1. The van der Waals surface area contributed by atoms with E-state index in [0.29, 0.717) is 0 Å². The minimum absolute atomic E-state index is 0.0247. The van der Waals surface area contributed by atoms with Crippen molar-refractivity contribution in [2.24, 2.45) is 5.14 Å². The molecule has 0 spiro atoms. The highest BCUT2D eigenvalue weighted by molar-refractivity contribution is 7.89. The van der Waals surface area contributed by atoms with E-state index in [1.165, 1.54) is 0 Å². The molecule has 0 atom stereocenters. The van der Waals surface area contributed by atoms with E-state index >= 15 is 0 Å². The van der Waals surface area contributed by atoms with Crippen LogP contribution in [0, 0.1) is 5.82 Å². The molecular formula is C14H19FN2O3S. The largest absolute Gasteiger partial charge is 0.349 e. The zero-order valence-corrected chi connectivity index (χ0v) is 12.5. The van der Waals surface area contributed by atoms with E-state index in [0.717, 1.165) is 56.7 Å². The van der Waals surface area contributed by atoms with Crippen molar-refractivity contribution in [3.63, 3.8) is 0 Å². The topological polar surface area (TPSA) is 89.3 Å². The third-order valence-corrected chi connectivity index (χ3v) is 4.55. The maximum absolute atomic E-state index is 13.5. The molecule has 1 aromatic carbocycles. The highest BCUT2D eigenvalue weighted by Gasteiger charge is 2.18. The van der Waals surface area contributed by atoms with Crippen molar-refractivity contribution in [1.29, 1.82) is 0 Å². The van der Waals surface area contributed by atoms with Crippen LogP contribution in [0.2, 0.25) is 0 Å². The van der Waals surface area contributed by atoms with Gasteiger partial charge in [0.2, 0.25) is 10.0 Å². The van der Waals surface area contributed by atoms with Gasteiger partial charge < -0.3 is 5.32 Å². The van der Waals surface area contributed by atoms with Gasteiger partial charge in [0, 0.05) is 11.6 Å². The summed E-state index contributed by atoms with van der Waals surface area (Å²) in [5.74, 6) is -1.26. The van der Waals surface area contributed by atoms with Gasteiger partial charge in [0.05, 0.1) is 4.90 Å². The molecule has 0 heterocycles. The zero-order valence-electron chi connectivity index (χ0n) is 11.6. The summed E-state index contributed by atoms with van der Waals surface area (Å²) in [4.78, 5) is 11.7. The molecule has 0 unspecified atom stereocenters. The summed E-state index contributed by atoms with van der Waals surface area (Å²) in [5.41, 5.74) is -0.0247. The maximum atomic E-state index is 13.5. The minimum Gasteiger partial charge on any atom is -0.349 e. The Labute approximate surface area is 123 Å². The maximum Gasteiger partial charge on any atom is 0.251 e. The Hall–Kier alpha value is -1.47. The smallest absolute Gasteiger partial charge is 0.251 e. The standard InChI is InChI=1S/C14H19FN2O3S/c15-11-7-10(8-13(9-11)21(16,19)20)14(18)17-12-5-3-1-2-4-6-12/h7-9,12H,1-6H2,(H,17,18)(H2,16,19,20). The number of rotatable bonds is 3. The van der Waals surface area contributed by atoms with E-state index in [1.807, 2.05) is 0 Å². The number of carbonyl (C=O) groups is 1. The van der Waals surface area contributed by atoms with E-state index < -0.39 is 26.6 Å². The molecule has 0 saturated heterocycles. The Balaban J connectivity index is 2.17. The van der Waals surface area contributed by atoms with Crippen molar-refractivity contribution >= 4 is 15.9 Å². The second kappa shape index (κ2) is 6.53. The van der Waals surface area contributed by atoms with Gasteiger partial charge >= 0.3 is 0 Å². The molecule has 1 saturated carbocycles. The van der Waals surface area contributed by atoms with Gasteiger partial charge in [-0.3, -0.25) is 4.79 Å². The Morgan fingerprint density at radius 3 is 2.33 bits per heavy atom. The molecule has 1 aromatic rings. The summed E-state index contributed by atoms with van der Waals surface area (Å²) in [7, 11) is -4.04. The van der Waals surface area contributed by atoms with Crippen LogP contribution in [0.15, 0.2) is 23.1 Å². The van der Waals surface area contributed by atoms with Gasteiger partial charge in [-0.1, -0.05) is 25.7 Å². The van der Waals surface area contributed by atoms with Crippen molar-refractivity contribution in [3.8, 4) is 0 Å². The quantitative estimate of drug-likeness (QED) is 0.835. The van der Waals surface area contributed by atoms with Gasteiger partial charge in [-0.2, -0.15) is 0 Å². The Morgan fingerprint density at radius 2 is 1.76 bits per heavy atom. The molecule has 2 rings (SSSR count). The van der Waals surface area contributed by atoms with E-state index in [9.17, 15) is 17.6 Å². The SMILES string of the molecule is NS(=O)(=O)c1cc(F)cc(C(=O)NC2CCCCCC2)c1. The van der Waals surface area contributed by atoms with Crippen LogP contribution in [-0.4, -0.2) is 20.4 Å². The number of nitrogens with two attached hydrogens (primary N) is 1. The first-order chi connectivity index (χ1) is 9.86. The lowest BCUT2D eigenvalue weighted by Crippen LogP contribution is -2.34. The minimum atomic E-state index is -4.04. The number of halogens is 1. The van der Waals surface area contributed by atoms with E-state index in [1.54, 1.807) is 0 Å². The first-order valence-electron chi connectivity index (χ1n) is 7.00. The molecular weight excluding hydrogens is 295 g/mol. The van der Waals surface area contributed by atoms with Crippen molar-refractivity contribution < 1.29 is 17.6 Å². The summed E-state index contributed by atoms with van der Waals surface area (Å²) < 4.78 is 36.0. The third kappa shape index (κ3) is 4.50. The fourth-order valence-corrected chi connectivity index (χ4v) is 3.12. The van der Waals surface area contributed by atoms with Crippen LogP contribution in [0.1, 0.15) is 48.9 Å². The molecule has 116 valence electrons. The van der Waals surface area contributed by atoms with Gasteiger partial charge in [-0.25, -0.2) is 17.9 Å². The summed E-state index contributed by atoms with van der Waals surface area (Å²) in [6, 6.07) is 2.98. The van der Waals surface area contributed by atoms with Gasteiger partial charge in [0.1, 0.15) is 5.82 Å². The predicted octanol–water partition coefficient (Wildman–Crippen LogP) is 1.93. The number of benzene rings is 1. The molecule has 0 aliphatic heterocycles.